The van der Waals surface area contributed by atoms with E-state index in [1.807, 2.05) is 36.1 Å². The molecule has 0 aromatic heterocycles. The molecule has 0 bridgehead atoms. The lowest BCUT2D eigenvalue weighted by Crippen LogP contribution is -2.50. The molecule has 0 atom stereocenters. The molecule has 1 aliphatic heterocycles. The molecule has 9 heteroatoms. The van der Waals surface area contributed by atoms with Crippen LogP contribution < -0.4 is 5.43 Å². The standard InChI is InChI=1S/C20H23BrN4O3S/c1-16-2-4-17(5-3-16)14-22-23-20(26)15-24-10-12-25(13-11-24)29(27,28)19-8-6-18(21)7-9-19/h2-9,14H,10-13,15H2,1H3,(H,23,26). The lowest BCUT2D eigenvalue weighted by atomic mass is 10.2. The molecule has 0 spiro atoms. The van der Waals surface area contributed by atoms with E-state index in [-0.39, 0.29) is 17.3 Å². The number of carbonyl (C=O) groups is 1. The van der Waals surface area contributed by atoms with Crippen LogP contribution in [0.2, 0.25) is 0 Å². The van der Waals surface area contributed by atoms with E-state index in [4.69, 9.17) is 0 Å². The van der Waals surface area contributed by atoms with Crippen molar-refractivity contribution in [2.75, 3.05) is 32.7 Å². The summed E-state index contributed by atoms with van der Waals surface area (Å²) in [5.41, 5.74) is 4.58. The van der Waals surface area contributed by atoms with Crippen molar-refractivity contribution in [1.29, 1.82) is 0 Å². The highest BCUT2D eigenvalue weighted by molar-refractivity contribution is 9.10. The summed E-state index contributed by atoms with van der Waals surface area (Å²) in [6, 6.07) is 14.4. The molecule has 1 fully saturated rings. The number of hydrogen-bond acceptors (Lipinski definition) is 5. The van der Waals surface area contributed by atoms with Crippen molar-refractivity contribution < 1.29 is 13.2 Å². The van der Waals surface area contributed by atoms with Crippen LogP contribution in [0.1, 0.15) is 11.1 Å². The van der Waals surface area contributed by atoms with Gasteiger partial charge in [0.2, 0.25) is 10.0 Å². The zero-order chi connectivity index (χ0) is 20.9. The maximum absolute atomic E-state index is 12.7. The number of hydrogen-bond donors (Lipinski definition) is 1. The highest BCUT2D eigenvalue weighted by Gasteiger charge is 2.28. The van der Waals surface area contributed by atoms with Crippen LogP contribution in [-0.2, 0) is 14.8 Å². The number of piperazine rings is 1. The number of halogens is 1. The molecule has 29 heavy (non-hydrogen) atoms. The van der Waals surface area contributed by atoms with Gasteiger partial charge in [0.05, 0.1) is 17.7 Å². The minimum absolute atomic E-state index is 0.178. The van der Waals surface area contributed by atoms with Gasteiger partial charge in [0.1, 0.15) is 0 Å². The minimum Gasteiger partial charge on any atom is -0.292 e. The Morgan fingerprint density at radius 3 is 2.31 bits per heavy atom. The Balaban J connectivity index is 1.47. The van der Waals surface area contributed by atoms with Gasteiger partial charge < -0.3 is 0 Å². The van der Waals surface area contributed by atoms with Crippen LogP contribution in [0.25, 0.3) is 0 Å². The third-order valence-corrected chi connectivity index (χ3v) is 7.07. The van der Waals surface area contributed by atoms with Gasteiger partial charge >= 0.3 is 0 Å². The second-order valence-corrected chi connectivity index (χ2v) is 9.69. The maximum Gasteiger partial charge on any atom is 0.254 e. The molecule has 1 heterocycles. The molecule has 0 unspecified atom stereocenters. The summed E-state index contributed by atoms with van der Waals surface area (Å²) >= 11 is 3.31. The van der Waals surface area contributed by atoms with Gasteiger partial charge in [0, 0.05) is 30.7 Å². The number of amides is 1. The van der Waals surface area contributed by atoms with E-state index in [2.05, 4.69) is 26.5 Å². The third kappa shape index (κ3) is 5.96. The third-order valence-electron chi connectivity index (χ3n) is 4.63. The van der Waals surface area contributed by atoms with Gasteiger partial charge in [0.15, 0.2) is 0 Å². The fraction of sp³-hybridized carbons (Fsp3) is 0.300. The van der Waals surface area contributed by atoms with E-state index >= 15 is 0 Å². The maximum atomic E-state index is 12.7. The Kier molecular flexibility index (Phi) is 7.18. The first-order valence-corrected chi connectivity index (χ1v) is 11.4. The van der Waals surface area contributed by atoms with Crippen LogP contribution in [0.4, 0.5) is 0 Å². The fourth-order valence-electron chi connectivity index (χ4n) is 2.95. The molecule has 1 saturated heterocycles. The number of sulfonamides is 1. The summed E-state index contributed by atoms with van der Waals surface area (Å²) in [5, 5.41) is 3.98. The number of hydrazone groups is 1. The summed E-state index contributed by atoms with van der Waals surface area (Å²) in [6.07, 6.45) is 1.60. The van der Waals surface area contributed by atoms with Crippen LogP contribution in [0, 0.1) is 6.92 Å². The number of aryl methyl sites for hydroxylation is 1. The van der Waals surface area contributed by atoms with E-state index < -0.39 is 10.0 Å². The van der Waals surface area contributed by atoms with E-state index in [0.29, 0.717) is 26.2 Å². The van der Waals surface area contributed by atoms with E-state index in [0.717, 1.165) is 15.6 Å². The first kappa shape index (κ1) is 21.6. The largest absolute Gasteiger partial charge is 0.292 e. The highest BCUT2D eigenvalue weighted by Crippen LogP contribution is 2.20. The average molecular weight is 479 g/mol. The normalized spacial score (nSPS) is 16.2. The summed E-state index contributed by atoms with van der Waals surface area (Å²) in [6.45, 7) is 3.86. The fourth-order valence-corrected chi connectivity index (χ4v) is 4.64. The van der Waals surface area contributed by atoms with Gasteiger partial charge in [-0.25, -0.2) is 13.8 Å². The topological polar surface area (TPSA) is 82.1 Å². The average Bonchev–Trinajstić information content (AvgIpc) is 2.70. The minimum atomic E-state index is -3.52. The van der Waals surface area contributed by atoms with E-state index in [1.54, 1.807) is 30.5 Å². The van der Waals surface area contributed by atoms with Crippen molar-refractivity contribution >= 4 is 38.1 Å². The molecule has 1 aliphatic rings. The Morgan fingerprint density at radius 1 is 1.07 bits per heavy atom. The van der Waals surface area contributed by atoms with Gasteiger partial charge in [0.25, 0.3) is 5.91 Å². The Hall–Kier alpha value is -2.07. The van der Waals surface area contributed by atoms with Gasteiger partial charge in [-0.05, 0) is 36.8 Å². The Bertz CT molecular complexity index is 968. The second-order valence-electron chi connectivity index (χ2n) is 6.84. The molecule has 1 amide bonds. The smallest absolute Gasteiger partial charge is 0.254 e. The Morgan fingerprint density at radius 2 is 1.69 bits per heavy atom. The van der Waals surface area contributed by atoms with Crippen molar-refractivity contribution in [3.63, 3.8) is 0 Å². The zero-order valence-electron chi connectivity index (χ0n) is 16.1. The van der Waals surface area contributed by atoms with Crippen molar-refractivity contribution in [2.45, 2.75) is 11.8 Å². The highest BCUT2D eigenvalue weighted by atomic mass is 79.9. The molecule has 1 N–H and O–H groups in total. The molecule has 3 rings (SSSR count). The van der Waals surface area contributed by atoms with Gasteiger partial charge in [-0.3, -0.25) is 9.69 Å². The van der Waals surface area contributed by atoms with E-state index in [9.17, 15) is 13.2 Å². The number of benzene rings is 2. The SMILES string of the molecule is Cc1ccc(C=NNC(=O)CN2CCN(S(=O)(=O)c3ccc(Br)cc3)CC2)cc1. The molecule has 154 valence electrons. The molecule has 0 radical (unpaired) electrons. The second kappa shape index (κ2) is 9.62. The summed E-state index contributed by atoms with van der Waals surface area (Å²) in [5.74, 6) is -0.224. The van der Waals surface area contributed by atoms with Crippen LogP contribution in [0.5, 0.6) is 0 Å². The number of carbonyl (C=O) groups excluding carboxylic acids is 1. The summed E-state index contributed by atoms with van der Waals surface area (Å²) in [7, 11) is -3.52. The quantitative estimate of drug-likeness (QED) is 0.509. The van der Waals surface area contributed by atoms with Crippen LogP contribution in [0.3, 0.4) is 0 Å². The van der Waals surface area contributed by atoms with Gasteiger partial charge in [-0.1, -0.05) is 45.8 Å². The molecule has 2 aromatic rings. The summed E-state index contributed by atoms with van der Waals surface area (Å²) in [4.78, 5) is 14.3. The number of rotatable bonds is 6. The first-order valence-electron chi connectivity index (χ1n) is 9.21. The predicted octanol–water partition coefficient (Wildman–Crippen LogP) is 2.21. The number of nitrogens with one attached hydrogen (secondary N) is 1. The number of nitrogens with zero attached hydrogens (tertiary/aromatic N) is 3. The van der Waals surface area contributed by atoms with Gasteiger partial charge in [-0.2, -0.15) is 9.41 Å². The predicted molar refractivity (Wildman–Crippen MR) is 116 cm³/mol. The van der Waals surface area contributed by atoms with Crippen LogP contribution >= 0.6 is 15.9 Å². The zero-order valence-corrected chi connectivity index (χ0v) is 18.5. The van der Waals surface area contributed by atoms with Crippen molar-refractivity contribution in [3.8, 4) is 0 Å². The van der Waals surface area contributed by atoms with Crippen molar-refractivity contribution in [3.05, 3.63) is 64.1 Å². The van der Waals surface area contributed by atoms with E-state index in [1.165, 1.54) is 4.31 Å². The van der Waals surface area contributed by atoms with Crippen LogP contribution in [-0.4, -0.2) is 62.5 Å². The van der Waals surface area contributed by atoms with Crippen molar-refractivity contribution in [2.24, 2.45) is 5.10 Å². The molecular weight excluding hydrogens is 456 g/mol. The van der Waals surface area contributed by atoms with Crippen molar-refractivity contribution in [1.82, 2.24) is 14.6 Å². The monoisotopic (exact) mass is 478 g/mol. The Labute approximate surface area is 179 Å². The molecule has 2 aromatic carbocycles. The molecule has 0 saturated carbocycles. The lowest BCUT2D eigenvalue weighted by Gasteiger charge is -2.33. The molecule has 7 nitrogen and oxygen atoms in total. The molecule has 0 aliphatic carbocycles. The van der Waals surface area contributed by atoms with Crippen LogP contribution in [0.15, 0.2) is 63.0 Å². The molecular formula is C20H23BrN4O3S. The summed E-state index contributed by atoms with van der Waals surface area (Å²) < 4.78 is 27.7. The lowest BCUT2D eigenvalue weighted by molar-refractivity contribution is -0.122. The first-order chi connectivity index (χ1) is 13.8. The van der Waals surface area contributed by atoms with Gasteiger partial charge in [-0.15, -0.1) is 0 Å².